The second-order valence-corrected chi connectivity index (χ2v) is 8.04. The zero-order valence-corrected chi connectivity index (χ0v) is 14.1. The number of hydrogen-bond acceptors (Lipinski definition) is 3. The molecular formula is C19H32N2O. The molecule has 5 rings (SSSR count). The van der Waals surface area contributed by atoms with Crippen LogP contribution in [0.3, 0.4) is 0 Å². The Morgan fingerprint density at radius 1 is 1.27 bits per heavy atom. The average Bonchev–Trinajstić information content (AvgIpc) is 2.60. The van der Waals surface area contributed by atoms with Crippen LogP contribution in [-0.4, -0.2) is 41.8 Å². The fraction of sp³-hybridized carbons (Fsp3) is 0.895. The SMILES string of the molecule is CC[C@H]1CN2CC[C@H]1C[C@H]2[C@H](O)C1CCNC2=C1CCCC2. The third kappa shape index (κ3) is 2.50. The topological polar surface area (TPSA) is 35.5 Å². The first kappa shape index (κ1) is 15.0. The molecular weight excluding hydrogens is 272 g/mol. The van der Waals surface area contributed by atoms with Crippen molar-refractivity contribution in [1.82, 2.24) is 10.2 Å². The van der Waals surface area contributed by atoms with Gasteiger partial charge in [-0.3, -0.25) is 4.90 Å². The highest BCUT2D eigenvalue weighted by Crippen LogP contribution is 2.43. The Hall–Kier alpha value is -0.540. The third-order valence-corrected chi connectivity index (χ3v) is 7.02. The van der Waals surface area contributed by atoms with Crippen LogP contribution in [0, 0.1) is 17.8 Å². The molecule has 2 unspecified atom stereocenters. The number of aliphatic hydroxyl groups excluding tert-OH is 1. The molecule has 0 amide bonds. The summed E-state index contributed by atoms with van der Waals surface area (Å²) in [5, 5.41) is 14.8. The van der Waals surface area contributed by atoms with E-state index in [1.54, 1.807) is 5.57 Å². The minimum Gasteiger partial charge on any atom is -0.391 e. The molecule has 0 aromatic heterocycles. The molecule has 3 fully saturated rings. The lowest BCUT2D eigenvalue weighted by molar-refractivity contribution is -0.0706. The molecule has 0 aromatic carbocycles. The van der Waals surface area contributed by atoms with Gasteiger partial charge in [-0.1, -0.05) is 13.3 Å². The van der Waals surface area contributed by atoms with Gasteiger partial charge in [-0.2, -0.15) is 0 Å². The molecule has 3 heteroatoms. The maximum Gasteiger partial charge on any atom is 0.0762 e. The number of nitrogens with one attached hydrogen (secondary N) is 1. The van der Waals surface area contributed by atoms with E-state index in [0.717, 1.165) is 24.8 Å². The minimum atomic E-state index is -0.134. The summed E-state index contributed by atoms with van der Waals surface area (Å²) in [5.74, 6) is 2.19. The first-order chi connectivity index (χ1) is 10.8. The highest BCUT2D eigenvalue weighted by molar-refractivity contribution is 5.23. The van der Waals surface area contributed by atoms with Gasteiger partial charge in [0, 0.05) is 30.7 Å². The van der Waals surface area contributed by atoms with Crippen molar-refractivity contribution in [3.8, 4) is 0 Å². The Bertz CT molecular complexity index is 443. The van der Waals surface area contributed by atoms with E-state index in [0.29, 0.717) is 12.0 Å². The summed E-state index contributed by atoms with van der Waals surface area (Å²) in [7, 11) is 0. The molecule has 3 saturated heterocycles. The molecule has 124 valence electrons. The minimum absolute atomic E-state index is 0.134. The zero-order valence-electron chi connectivity index (χ0n) is 14.1. The van der Waals surface area contributed by atoms with Gasteiger partial charge >= 0.3 is 0 Å². The first-order valence-corrected chi connectivity index (χ1v) is 9.65. The molecule has 22 heavy (non-hydrogen) atoms. The van der Waals surface area contributed by atoms with Crippen LogP contribution in [-0.2, 0) is 0 Å². The number of allylic oxidation sites excluding steroid dienone is 1. The Morgan fingerprint density at radius 2 is 2.14 bits per heavy atom. The fourth-order valence-electron chi connectivity index (χ4n) is 5.74. The molecule has 0 spiro atoms. The van der Waals surface area contributed by atoms with Gasteiger partial charge in [0.05, 0.1) is 6.10 Å². The summed E-state index contributed by atoms with van der Waals surface area (Å²) in [4.78, 5) is 2.63. The molecule has 3 nitrogen and oxygen atoms in total. The van der Waals surface area contributed by atoms with Crippen LogP contribution in [0.5, 0.6) is 0 Å². The van der Waals surface area contributed by atoms with E-state index >= 15 is 0 Å². The van der Waals surface area contributed by atoms with Gasteiger partial charge in [0.2, 0.25) is 0 Å². The molecule has 2 bridgehead atoms. The highest BCUT2D eigenvalue weighted by Gasteiger charge is 2.45. The molecule has 4 heterocycles. The van der Waals surface area contributed by atoms with Gasteiger partial charge in [-0.15, -0.1) is 0 Å². The molecule has 1 aliphatic carbocycles. The number of rotatable bonds is 3. The van der Waals surface area contributed by atoms with Crippen molar-refractivity contribution in [2.75, 3.05) is 19.6 Å². The summed E-state index contributed by atoms with van der Waals surface area (Å²) < 4.78 is 0. The van der Waals surface area contributed by atoms with E-state index < -0.39 is 0 Å². The van der Waals surface area contributed by atoms with Crippen molar-refractivity contribution in [3.63, 3.8) is 0 Å². The maximum atomic E-state index is 11.2. The second kappa shape index (κ2) is 6.16. The molecule has 6 atom stereocenters. The van der Waals surface area contributed by atoms with E-state index in [-0.39, 0.29) is 6.10 Å². The van der Waals surface area contributed by atoms with E-state index in [4.69, 9.17) is 0 Å². The number of piperidine rings is 3. The largest absolute Gasteiger partial charge is 0.391 e. The zero-order chi connectivity index (χ0) is 15.1. The number of hydrogen-bond donors (Lipinski definition) is 2. The fourth-order valence-corrected chi connectivity index (χ4v) is 5.74. The van der Waals surface area contributed by atoms with Gasteiger partial charge in [0.1, 0.15) is 0 Å². The average molecular weight is 304 g/mol. The standard InChI is InChI=1S/C19H32N2O/c1-2-13-12-21-10-8-14(13)11-18(21)19(22)16-7-9-20-17-6-4-3-5-15(16)17/h13-14,16,18-20,22H,2-12H2,1H3/t13-,14-,16?,18-,19+/m0/s1. The molecule has 0 aromatic rings. The Morgan fingerprint density at radius 3 is 2.91 bits per heavy atom. The lowest BCUT2D eigenvalue weighted by Gasteiger charge is -2.53. The van der Waals surface area contributed by atoms with E-state index in [1.165, 1.54) is 63.7 Å². The summed E-state index contributed by atoms with van der Waals surface area (Å²) in [6.45, 7) is 5.86. The second-order valence-electron chi connectivity index (χ2n) is 8.04. The Labute approximate surface area is 135 Å². The number of fused-ring (bicyclic) bond motifs is 3. The van der Waals surface area contributed by atoms with Crippen LogP contribution < -0.4 is 5.32 Å². The van der Waals surface area contributed by atoms with E-state index in [2.05, 4.69) is 17.1 Å². The third-order valence-electron chi connectivity index (χ3n) is 7.02. The highest BCUT2D eigenvalue weighted by atomic mass is 16.3. The lowest BCUT2D eigenvalue weighted by atomic mass is 9.70. The van der Waals surface area contributed by atoms with Crippen LogP contribution >= 0.6 is 0 Å². The molecule has 0 saturated carbocycles. The van der Waals surface area contributed by atoms with Crippen molar-refractivity contribution in [2.24, 2.45) is 17.8 Å². The van der Waals surface area contributed by atoms with Crippen LogP contribution in [0.25, 0.3) is 0 Å². The van der Waals surface area contributed by atoms with Crippen molar-refractivity contribution in [2.45, 2.75) is 70.4 Å². The quantitative estimate of drug-likeness (QED) is 0.841. The summed E-state index contributed by atoms with van der Waals surface area (Å²) >= 11 is 0. The molecule has 0 radical (unpaired) electrons. The van der Waals surface area contributed by atoms with Crippen LogP contribution in [0.2, 0.25) is 0 Å². The predicted octanol–water partition coefficient (Wildman–Crippen LogP) is 2.91. The summed E-state index contributed by atoms with van der Waals surface area (Å²) in [5.41, 5.74) is 3.07. The summed E-state index contributed by atoms with van der Waals surface area (Å²) in [6.07, 6.45) is 9.99. The van der Waals surface area contributed by atoms with Crippen LogP contribution in [0.15, 0.2) is 11.3 Å². The van der Waals surface area contributed by atoms with Crippen molar-refractivity contribution >= 4 is 0 Å². The van der Waals surface area contributed by atoms with Crippen LogP contribution in [0.1, 0.15) is 58.3 Å². The smallest absolute Gasteiger partial charge is 0.0762 e. The summed E-state index contributed by atoms with van der Waals surface area (Å²) in [6, 6.07) is 0.431. The Kier molecular flexibility index (Phi) is 4.21. The molecule has 5 aliphatic rings. The van der Waals surface area contributed by atoms with Gasteiger partial charge in [0.15, 0.2) is 0 Å². The first-order valence-electron chi connectivity index (χ1n) is 9.65. The number of nitrogens with zero attached hydrogens (tertiary/aromatic N) is 1. The van der Waals surface area contributed by atoms with Gasteiger partial charge in [-0.25, -0.2) is 0 Å². The number of aliphatic hydroxyl groups is 1. The van der Waals surface area contributed by atoms with Gasteiger partial charge in [0.25, 0.3) is 0 Å². The van der Waals surface area contributed by atoms with Gasteiger partial charge < -0.3 is 10.4 Å². The predicted molar refractivity (Wildman–Crippen MR) is 89.5 cm³/mol. The van der Waals surface area contributed by atoms with E-state index in [9.17, 15) is 5.11 Å². The van der Waals surface area contributed by atoms with Crippen LogP contribution in [0.4, 0.5) is 0 Å². The normalized spacial score (nSPS) is 42.7. The van der Waals surface area contributed by atoms with Gasteiger partial charge in [-0.05, 0) is 68.9 Å². The van der Waals surface area contributed by atoms with Crippen molar-refractivity contribution in [1.29, 1.82) is 0 Å². The maximum absolute atomic E-state index is 11.2. The Balaban J connectivity index is 1.51. The van der Waals surface area contributed by atoms with Crippen molar-refractivity contribution in [3.05, 3.63) is 11.3 Å². The molecule has 4 aliphatic heterocycles. The lowest BCUT2D eigenvalue weighted by Crippen LogP contribution is -2.59. The molecule has 2 N–H and O–H groups in total. The van der Waals surface area contributed by atoms with E-state index in [1.807, 2.05) is 0 Å². The monoisotopic (exact) mass is 304 g/mol. The van der Waals surface area contributed by atoms with Crippen molar-refractivity contribution < 1.29 is 5.11 Å².